The van der Waals surface area contributed by atoms with Crippen molar-refractivity contribution in [3.63, 3.8) is 0 Å². The Kier molecular flexibility index (Phi) is 6.15. The quantitative estimate of drug-likeness (QED) is 0.559. The normalized spacial score (nSPS) is 20.9. The van der Waals surface area contributed by atoms with Gasteiger partial charge in [-0.2, -0.15) is 0 Å². The maximum atomic E-state index is 13.2. The van der Waals surface area contributed by atoms with E-state index >= 15 is 0 Å². The van der Waals surface area contributed by atoms with E-state index in [-0.39, 0.29) is 17.2 Å². The van der Waals surface area contributed by atoms with E-state index in [4.69, 9.17) is 9.47 Å². The molecule has 1 aromatic carbocycles. The van der Waals surface area contributed by atoms with Gasteiger partial charge < -0.3 is 14.8 Å². The Balaban J connectivity index is 2.13. The molecule has 0 fully saturated rings. The molecule has 29 heavy (non-hydrogen) atoms. The Hall–Kier alpha value is -2.56. The van der Waals surface area contributed by atoms with Crippen LogP contribution in [0, 0.1) is 5.41 Å². The number of unbranched alkanes of at least 4 members (excludes halogenated alkanes) is 1. The second-order valence-electron chi connectivity index (χ2n) is 8.66. The summed E-state index contributed by atoms with van der Waals surface area (Å²) in [6, 6.07) is 7.59. The van der Waals surface area contributed by atoms with Gasteiger partial charge in [-0.15, -0.1) is 0 Å². The van der Waals surface area contributed by atoms with Crippen LogP contribution in [-0.4, -0.2) is 25.5 Å². The molecule has 0 amide bonds. The van der Waals surface area contributed by atoms with Crippen molar-refractivity contribution in [2.24, 2.45) is 5.41 Å². The number of hydrogen-bond acceptors (Lipinski definition) is 5. The number of rotatable bonds is 6. The number of ketones is 1. The number of allylic oxidation sites excluding steroid dienone is 3. The number of hydrogen-bond donors (Lipinski definition) is 1. The highest BCUT2D eigenvalue weighted by molar-refractivity contribution is 6.04. The lowest BCUT2D eigenvalue weighted by Gasteiger charge is -2.39. The van der Waals surface area contributed by atoms with Crippen molar-refractivity contribution in [2.75, 3.05) is 13.7 Å². The molecule has 5 heteroatoms. The molecule has 0 aromatic heterocycles. The SMILES string of the molecule is CCCCOC(=O)C1=C(C)NC2=C(C(=O)CC(C)(C)C2)[C@H]1c1ccccc1OC. The van der Waals surface area contributed by atoms with Crippen LogP contribution >= 0.6 is 0 Å². The van der Waals surface area contributed by atoms with Gasteiger partial charge in [-0.1, -0.05) is 45.4 Å². The summed E-state index contributed by atoms with van der Waals surface area (Å²) in [5.41, 5.74) is 3.52. The molecule has 1 atom stereocenters. The van der Waals surface area contributed by atoms with E-state index in [1.165, 1.54) is 0 Å². The van der Waals surface area contributed by atoms with E-state index in [9.17, 15) is 9.59 Å². The summed E-state index contributed by atoms with van der Waals surface area (Å²) in [6.45, 7) is 8.51. The minimum Gasteiger partial charge on any atom is -0.496 e. The van der Waals surface area contributed by atoms with Gasteiger partial charge in [0.15, 0.2) is 5.78 Å². The van der Waals surface area contributed by atoms with Crippen LogP contribution in [0.25, 0.3) is 0 Å². The van der Waals surface area contributed by atoms with Gasteiger partial charge in [0, 0.05) is 29.0 Å². The first-order valence-electron chi connectivity index (χ1n) is 10.3. The molecule has 1 aliphatic heterocycles. The number of carbonyl (C=O) groups is 2. The van der Waals surface area contributed by atoms with Crippen molar-refractivity contribution < 1.29 is 19.1 Å². The summed E-state index contributed by atoms with van der Waals surface area (Å²) in [4.78, 5) is 26.3. The van der Waals surface area contributed by atoms with Crippen LogP contribution in [0.3, 0.4) is 0 Å². The van der Waals surface area contributed by atoms with Gasteiger partial charge in [-0.25, -0.2) is 4.79 Å². The van der Waals surface area contributed by atoms with Crippen LogP contribution in [0.5, 0.6) is 5.75 Å². The van der Waals surface area contributed by atoms with Gasteiger partial charge in [-0.3, -0.25) is 4.79 Å². The first-order valence-corrected chi connectivity index (χ1v) is 10.3. The monoisotopic (exact) mass is 397 g/mol. The van der Waals surface area contributed by atoms with Crippen LogP contribution in [0.1, 0.15) is 64.9 Å². The molecule has 0 unspecified atom stereocenters. The number of nitrogens with one attached hydrogen (secondary N) is 1. The minimum absolute atomic E-state index is 0.0750. The number of para-hydroxylation sites is 1. The molecule has 0 saturated carbocycles. The molecule has 5 nitrogen and oxygen atoms in total. The molecule has 0 radical (unpaired) electrons. The molecule has 156 valence electrons. The van der Waals surface area contributed by atoms with Crippen LogP contribution in [-0.2, 0) is 14.3 Å². The molecule has 0 spiro atoms. The second-order valence-corrected chi connectivity index (χ2v) is 8.66. The number of benzene rings is 1. The third kappa shape index (κ3) is 4.24. The first-order chi connectivity index (χ1) is 13.8. The van der Waals surface area contributed by atoms with Crippen LogP contribution in [0.2, 0.25) is 0 Å². The first kappa shape index (κ1) is 21.2. The number of esters is 1. The zero-order valence-electron chi connectivity index (χ0n) is 18.1. The highest BCUT2D eigenvalue weighted by Crippen LogP contribution is 2.48. The van der Waals surface area contributed by atoms with E-state index < -0.39 is 5.92 Å². The average Bonchev–Trinajstić information content (AvgIpc) is 2.65. The van der Waals surface area contributed by atoms with Gasteiger partial charge in [0.2, 0.25) is 0 Å². The van der Waals surface area contributed by atoms with E-state index in [1.807, 2.05) is 31.2 Å². The largest absolute Gasteiger partial charge is 0.496 e. The summed E-state index contributed by atoms with van der Waals surface area (Å²) < 4.78 is 11.1. The van der Waals surface area contributed by atoms with Crippen LogP contribution in [0.4, 0.5) is 0 Å². The lowest BCUT2D eigenvalue weighted by Crippen LogP contribution is -2.38. The van der Waals surface area contributed by atoms with Crippen LogP contribution < -0.4 is 10.1 Å². The second kappa shape index (κ2) is 8.44. The zero-order chi connectivity index (χ0) is 21.2. The van der Waals surface area contributed by atoms with Crippen molar-refractivity contribution in [1.29, 1.82) is 0 Å². The summed E-state index contributed by atoms with van der Waals surface area (Å²) >= 11 is 0. The third-order valence-corrected chi connectivity index (χ3v) is 5.64. The number of Topliss-reactive ketones (excluding diaryl/α,β-unsaturated/α-hetero) is 1. The fraction of sp³-hybridized carbons (Fsp3) is 0.500. The molecule has 0 bridgehead atoms. The third-order valence-electron chi connectivity index (χ3n) is 5.64. The van der Waals surface area contributed by atoms with E-state index in [2.05, 4.69) is 26.1 Å². The molecule has 2 aliphatic rings. The number of ether oxygens (including phenoxy) is 2. The van der Waals surface area contributed by atoms with Crippen molar-refractivity contribution in [2.45, 2.75) is 59.3 Å². The standard InChI is InChI=1S/C24H31NO4/c1-6-7-12-29-23(27)20-15(2)25-17-13-24(3,4)14-18(26)22(17)21(20)16-10-8-9-11-19(16)28-5/h8-11,21,25H,6-7,12-14H2,1-5H3/t21-/m0/s1. The molecule has 3 rings (SSSR count). The van der Waals surface area contributed by atoms with Gasteiger partial charge in [0.1, 0.15) is 5.75 Å². The number of methoxy groups -OCH3 is 1. The van der Waals surface area contributed by atoms with Crippen molar-refractivity contribution in [3.05, 3.63) is 52.4 Å². The number of dihydropyridines is 1. The Bertz CT molecular complexity index is 879. The van der Waals surface area contributed by atoms with E-state index in [1.54, 1.807) is 7.11 Å². The maximum Gasteiger partial charge on any atom is 0.336 e. The topological polar surface area (TPSA) is 64.6 Å². The van der Waals surface area contributed by atoms with E-state index in [0.717, 1.165) is 36.2 Å². The predicted octanol–water partition coefficient (Wildman–Crippen LogP) is 4.64. The molecular weight excluding hydrogens is 366 g/mol. The molecule has 1 aliphatic carbocycles. The van der Waals surface area contributed by atoms with Crippen molar-refractivity contribution in [3.8, 4) is 5.75 Å². The smallest absolute Gasteiger partial charge is 0.336 e. The van der Waals surface area contributed by atoms with Crippen molar-refractivity contribution in [1.82, 2.24) is 5.32 Å². The Labute approximate surface area is 173 Å². The number of carbonyl (C=O) groups excluding carboxylic acids is 2. The summed E-state index contributed by atoms with van der Waals surface area (Å²) in [6.07, 6.45) is 2.97. The Morgan fingerprint density at radius 1 is 1.24 bits per heavy atom. The summed E-state index contributed by atoms with van der Waals surface area (Å²) in [7, 11) is 1.61. The minimum atomic E-state index is -0.486. The fourth-order valence-electron chi connectivity index (χ4n) is 4.31. The average molecular weight is 398 g/mol. The highest BCUT2D eigenvalue weighted by atomic mass is 16.5. The fourth-order valence-corrected chi connectivity index (χ4v) is 4.31. The van der Waals surface area contributed by atoms with E-state index in [0.29, 0.717) is 29.9 Å². The molecule has 1 aromatic rings. The lowest BCUT2D eigenvalue weighted by molar-refractivity contribution is -0.139. The van der Waals surface area contributed by atoms with Crippen LogP contribution in [0.15, 0.2) is 46.8 Å². The highest BCUT2D eigenvalue weighted by Gasteiger charge is 2.43. The predicted molar refractivity (Wildman–Crippen MR) is 112 cm³/mol. The van der Waals surface area contributed by atoms with Gasteiger partial charge >= 0.3 is 5.97 Å². The maximum absolute atomic E-state index is 13.2. The molecular formula is C24H31NO4. The summed E-state index contributed by atoms with van der Waals surface area (Å²) in [5.74, 6) is -0.120. The molecule has 1 N–H and O–H groups in total. The van der Waals surface area contributed by atoms with Gasteiger partial charge in [0.05, 0.1) is 25.2 Å². The Morgan fingerprint density at radius 3 is 2.66 bits per heavy atom. The Morgan fingerprint density at radius 2 is 1.97 bits per heavy atom. The summed E-state index contributed by atoms with van der Waals surface area (Å²) in [5, 5.41) is 3.36. The lowest BCUT2D eigenvalue weighted by atomic mass is 9.68. The van der Waals surface area contributed by atoms with Gasteiger partial charge in [-0.05, 0) is 31.2 Å². The van der Waals surface area contributed by atoms with Crippen molar-refractivity contribution >= 4 is 11.8 Å². The van der Waals surface area contributed by atoms with Gasteiger partial charge in [0.25, 0.3) is 0 Å². The zero-order valence-corrected chi connectivity index (χ0v) is 18.1. The molecule has 0 saturated heterocycles. The molecule has 1 heterocycles.